The predicted octanol–water partition coefficient (Wildman–Crippen LogP) is 5.72. The van der Waals surface area contributed by atoms with E-state index in [4.69, 9.17) is 9.47 Å². The van der Waals surface area contributed by atoms with Gasteiger partial charge in [0, 0.05) is 25.2 Å². The van der Waals surface area contributed by atoms with Crippen molar-refractivity contribution < 1.29 is 19.4 Å². The molecule has 0 spiro atoms. The van der Waals surface area contributed by atoms with Gasteiger partial charge in [0.05, 0.1) is 43.2 Å². The number of amides is 1. The quantitative estimate of drug-likeness (QED) is 0.337. The smallest absolute Gasteiger partial charge is 0.261 e. The topological polar surface area (TPSA) is 117 Å². The Bertz CT molecular complexity index is 1200. The number of hydrogen-bond acceptors (Lipinski definition) is 7. The summed E-state index contributed by atoms with van der Waals surface area (Å²) in [5.74, 6) is 0.811. The van der Waals surface area contributed by atoms with E-state index in [0.717, 1.165) is 25.7 Å². The SMILES string of the molecule is CC.CCCCc1[nH]c(=O)c(C2=NN=C(CC(=O)N(CCC)CCC)C2)c(O)c1-c1c(OC)cccc1OC. The van der Waals surface area contributed by atoms with Gasteiger partial charge in [0.15, 0.2) is 0 Å². The Morgan fingerprint density at radius 1 is 0.974 bits per heavy atom. The van der Waals surface area contributed by atoms with Crippen molar-refractivity contribution in [1.29, 1.82) is 0 Å². The fourth-order valence-electron chi connectivity index (χ4n) is 4.63. The Hall–Kier alpha value is -3.62. The molecule has 0 radical (unpaired) electrons. The molecule has 9 heteroatoms. The molecule has 214 valence electrons. The number of unbranched alkanes of at least 4 members (excludes halogenated alkanes) is 1. The van der Waals surface area contributed by atoms with E-state index in [0.29, 0.717) is 59.3 Å². The van der Waals surface area contributed by atoms with Gasteiger partial charge in [0.1, 0.15) is 22.8 Å². The predicted molar refractivity (Wildman–Crippen MR) is 158 cm³/mol. The highest BCUT2D eigenvalue weighted by molar-refractivity contribution is 6.19. The molecule has 1 amide bonds. The maximum Gasteiger partial charge on any atom is 0.261 e. The molecular weight excluding hydrogens is 496 g/mol. The fourth-order valence-corrected chi connectivity index (χ4v) is 4.63. The van der Waals surface area contributed by atoms with E-state index in [9.17, 15) is 14.7 Å². The van der Waals surface area contributed by atoms with Gasteiger partial charge in [-0.25, -0.2) is 0 Å². The minimum atomic E-state index is -0.443. The third-order valence-electron chi connectivity index (χ3n) is 6.39. The summed E-state index contributed by atoms with van der Waals surface area (Å²) < 4.78 is 11.2. The second kappa shape index (κ2) is 15.7. The van der Waals surface area contributed by atoms with Gasteiger partial charge in [-0.15, -0.1) is 0 Å². The van der Waals surface area contributed by atoms with E-state index >= 15 is 0 Å². The van der Waals surface area contributed by atoms with Gasteiger partial charge in [-0.2, -0.15) is 10.2 Å². The number of benzene rings is 1. The van der Waals surface area contributed by atoms with E-state index in [1.807, 2.05) is 32.6 Å². The molecule has 1 aliphatic rings. The lowest BCUT2D eigenvalue weighted by Gasteiger charge is -2.21. The summed E-state index contributed by atoms with van der Waals surface area (Å²) in [5, 5.41) is 20.0. The van der Waals surface area contributed by atoms with E-state index < -0.39 is 5.56 Å². The number of aromatic hydroxyl groups is 1. The summed E-state index contributed by atoms with van der Waals surface area (Å²) in [5.41, 5.74) is 2.11. The Balaban J connectivity index is 0.00000260. The molecule has 2 aromatic rings. The molecule has 39 heavy (non-hydrogen) atoms. The van der Waals surface area contributed by atoms with Crippen LogP contribution in [0.25, 0.3) is 11.1 Å². The standard InChI is InChI=1S/C28H38N4O5.C2H6/c1-6-9-11-19-24(26-21(36-4)12-10-13-22(26)37-5)27(34)25(28(35)29-19)20-16-18(30-31-20)17-23(33)32(14-7-2)15-8-3;1-2/h10,12-13H,6-9,11,14-17H2,1-5H3,(H2,29,34,35);1-2H3. The van der Waals surface area contributed by atoms with Crippen molar-refractivity contribution in [3.63, 3.8) is 0 Å². The van der Waals surface area contributed by atoms with Crippen LogP contribution in [0.4, 0.5) is 0 Å². The molecule has 0 saturated heterocycles. The van der Waals surface area contributed by atoms with E-state index in [2.05, 4.69) is 22.1 Å². The van der Waals surface area contributed by atoms with Crippen molar-refractivity contribution >= 4 is 17.3 Å². The number of aromatic nitrogens is 1. The average molecular weight is 541 g/mol. The lowest BCUT2D eigenvalue weighted by atomic mass is 9.93. The van der Waals surface area contributed by atoms with Gasteiger partial charge in [0.2, 0.25) is 5.91 Å². The van der Waals surface area contributed by atoms with Crippen molar-refractivity contribution in [2.75, 3.05) is 27.3 Å². The molecule has 0 saturated carbocycles. The number of carbonyl (C=O) groups excluding carboxylic acids is 1. The summed E-state index contributed by atoms with van der Waals surface area (Å²) in [6, 6.07) is 5.36. The van der Waals surface area contributed by atoms with Crippen LogP contribution in [0.1, 0.15) is 84.4 Å². The lowest BCUT2D eigenvalue weighted by Crippen LogP contribution is -2.34. The zero-order valence-electron chi connectivity index (χ0n) is 24.5. The number of pyridine rings is 1. The highest BCUT2D eigenvalue weighted by Crippen LogP contribution is 2.45. The number of nitrogens with zero attached hydrogens (tertiary/aromatic N) is 3. The number of carbonyl (C=O) groups is 1. The minimum Gasteiger partial charge on any atom is -0.506 e. The van der Waals surface area contributed by atoms with Crippen LogP contribution >= 0.6 is 0 Å². The molecule has 1 aliphatic heterocycles. The molecule has 3 rings (SSSR count). The summed E-state index contributed by atoms with van der Waals surface area (Å²) >= 11 is 0. The van der Waals surface area contributed by atoms with Crippen molar-refractivity contribution in [2.45, 2.75) is 79.6 Å². The van der Waals surface area contributed by atoms with Crippen LogP contribution in [0, 0.1) is 0 Å². The average Bonchev–Trinajstić information content (AvgIpc) is 3.40. The first-order chi connectivity index (χ1) is 18.9. The highest BCUT2D eigenvalue weighted by atomic mass is 16.5. The van der Waals surface area contributed by atoms with Gasteiger partial charge in [0.25, 0.3) is 5.56 Å². The van der Waals surface area contributed by atoms with Crippen LogP contribution in [0.5, 0.6) is 17.2 Å². The number of aromatic amines is 1. The molecule has 2 N–H and O–H groups in total. The van der Waals surface area contributed by atoms with Crippen molar-refractivity contribution in [3.05, 3.63) is 39.8 Å². The Kier molecular flexibility index (Phi) is 12.7. The molecule has 9 nitrogen and oxygen atoms in total. The minimum absolute atomic E-state index is 0.00797. The highest BCUT2D eigenvalue weighted by Gasteiger charge is 2.29. The maximum atomic E-state index is 13.2. The van der Waals surface area contributed by atoms with Crippen LogP contribution in [-0.2, 0) is 11.2 Å². The summed E-state index contributed by atoms with van der Waals surface area (Å²) in [6.45, 7) is 11.5. The molecule has 0 bridgehead atoms. The van der Waals surface area contributed by atoms with Gasteiger partial charge in [-0.1, -0.05) is 47.1 Å². The van der Waals surface area contributed by atoms with Crippen LogP contribution < -0.4 is 15.0 Å². The first kappa shape index (κ1) is 31.6. The third kappa shape index (κ3) is 7.49. The number of nitrogens with one attached hydrogen (secondary N) is 1. The lowest BCUT2D eigenvalue weighted by molar-refractivity contribution is -0.130. The molecule has 0 fully saturated rings. The molecule has 0 aliphatic carbocycles. The monoisotopic (exact) mass is 540 g/mol. The molecule has 0 atom stereocenters. The van der Waals surface area contributed by atoms with Crippen LogP contribution in [0.2, 0.25) is 0 Å². The van der Waals surface area contributed by atoms with E-state index in [1.165, 1.54) is 0 Å². The number of H-pyrrole nitrogens is 1. The van der Waals surface area contributed by atoms with Gasteiger partial charge in [-0.05, 0) is 37.8 Å². The van der Waals surface area contributed by atoms with Crippen molar-refractivity contribution in [1.82, 2.24) is 9.88 Å². The number of ether oxygens (including phenoxy) is 2. The van der Waals surface area contributed by atoms with Crippen LogP contribution in [-0.4, -0.2) is 59.6 Å². The number of rotatable bonds is 13. The Labute approximate surface area is 232 Å². The van der Waals surface area contributed by atoms with Gasteiger partial charge < -0.3 is 24.5 Å². The molecule has 0 unspecified atom stereocenters. The summed E-state index contributed by atoms with van der Waals surface area (Å²) in [4.78, 5) is 30.9. The second-order valence-electron chi connectivity index (χ2n) is 9.12. The first-order valence-electron chi connectivity index (χ1n) is 14.0. The van der Waals surface area contributed by atoms with E-state index in [-0.39, 0.29) is 30.1 Å². The van der Waals surface area contributed by atoms with Gasteiger partial charge >= 0.3 is 0 Å². The third-order valence-corrected chi connectivity index (χ3v) is 6.39. The Morgan fingerprint density at radius 2 is 1.59 bits per heavy atom. The zero-order chi connectivity index (χ0) is 28.9. The molecule has 2 heterocycles. The maximum absolute atomic E-state index is 13.2. The second-order valence-corrected chi connectivity index (χ2v) is 9.12. The number of hydrogen-bond donors (Lipinski definition) is 2. The number of aryl methyl sites for hydroxylation is 1. The Morgan fingerprint density at radius 3 is 2.13 bits per heavy atom. The summed E-state index contributed by atoms with van der Waals surface area (Å²) in [6.07, 6.45) is 4.40. The molecule has 1 aromatic heterocycles. The zero-order valence-corrected chi connectivity index (χ0v) is 24.5. The fraction of sp³-hybridized carbons (Fsp3) is 0.533. The largest absolute Gasteiger partial charge is 0.506 e. The van der Waals surface area contributed by atoms with Crippen LogP contribution in [0.3, 0.4) is 0 Å². The van der Waals surface area contributed by atoms with Crippen molar-refractivity contribution in [3.8, 4) is 28.4 Å². The van der Waals surface area contributed by atoms with Gasteiger partial charge in [-0.3, -0.25) is 9.59 Å². The first-order valence-corrected chi connectivity index (χ1v) is 14.0. The number of methoxy groups -OCH3 is 2. The normalized spacial score (nSPS) is 12.3. The van der Waals surface area contributed by atoms with E-state index in [1.54, 1.807) is 32.4 Å². The molecule has 1 aromatic carbocycles. The summed E-state index contributed by atoms with van der Waals surface area (Å²) in [7, 11) is 3.10. The van der Waals surface area contributed by atoms with Crippen LogP contribution in [0.15, 0.2) is 33.2 Å². The van der Waals surface area contributed by atoms with Crippen molar-refractivity contribution in [2.24, 2.45) is 10.2 Å². The molecular formula is C30H44N4O5.